The highest BCUT2D eigenvalue weighted by Gasteiger charge is 2.27. The molecular formula is C23H39NO2. The van der Waals surface area contributed by atoms with Gasteiger partial charge in [0.05, 0.1) is 0 Å². The van der Waals surface area contributed by atoms with E-state index >= 15 is 0 Å². The number of benzene rings is 1. The Hall–Kier alpha value is -1.06. The van der Waals surface area contributed by atoms with Crippen LogP contribution in [0, 0.1) is 5.41 Å². The predicted octanol–water partition coefficient (Wildman–Crippen LogP) is 5.02. The molecule has 1 unspecified atom stereocenters. The van der Waals surface area contributed by atoms with Gasteiger partial charge in [-0.25, -0.2) is 0 Å². The van der Waals surface area contributed by atoms with E-state index < -0.39 is 6.10 Å². The number of β-amino-alcohol motifs (C(OH)–C–C–N with tert-alkyl or cyclic N) is 1. The summed E-state index contributed by atoms with van der Waals surface area (Å²) in [5.74, 6) is 0.843. The molecule has 26 heavy (non-hydrogen) atoms. The van der Waals surface area contributed by atoms with Crippen LogP contribution in [0.3, 0.4) is 0 Å². The first-order valence-corrected chi connectivity index (χ1v) is 10.3. The molecule has 1 aromatic carbocycles. The van der Waals surface area contributed by atoms with Gasteiger partial charge in [0.15, 0.2) is 0 Å². The van der Waals surface area contributed by atoms with Crippen molar-refractivity contribution in [3.8, 4) is 5.75 Å². The summed E-state index contributed by atoms with van der Waals surface area (Å²) >= 11 is 0. The molecule has 1 atom stereocenters. The fourth-order valence-corrected chi connectivity index (χ4v) is 4.29. The lowest BCUT2D eigenvalue weighted by molar-refractivity contribution is 0.0693. The minimum Gasteiger partial charge on any atom is -0.491 e. The van der Waals surface area contributed by atoms with Crippen LogP contribution >= 0.6 is 0 Å². The van der Waals surface area contributed by atoms with Crippen LogP contribution in [0.2, 0.25) is 0 Å². The molecule has 1 fully saturated rings. The van der Waals surface area contributed by atoms with E-state index in [-0.39, 0.29) is 5.41 Å². The molecule has 2 rings (SSSR count). The van der Waals surface area contributed by atoms with E-state index in [0.717, 1.165) is 31.8 Å². The van der Waals surface area contributed by atoms with E-state index in [1.807, 2.05) is 12.1 Å². The van der Waals surface area contributed by atoms with Crippen molar-refractivity contribution in [1.82, 2.24) is 4.90 Å². The Bertz CT molecular complexity index is 522. The smallest absolute Gasteiger partial charge is 0.119 e. The molecule has 3 nitrogen and oxygen atoms in total. The average Bonchev–Trinajstić information content (AvgIpc) is 2.80. The summed E-state index contributed by atoms with van der Waals surface area (Å²) < 4.78 is 5.83. The zero-order valence-electron chi connectivity index (χ0n) is 17.6. The molecule has 3 heteroatoms. The third-order valence-corrected chi connectivity index (χ3v) is 5.22. The molecule has 1 heterocycles. The van der Waals surface area contributed by atoms with Gasteiger partial charge in [-0.3, -0.25) is 0 Å². The minimum atomic E-state index is -0.426. The van der Waals surface area contributed by atoms with Gasteiger partial charge in [-0.1, -0.05) is 59.6 Å². The number of aliphatic hydroxyl groups is 1. The molecule has 1 aliphatic rings. The summed E-state index contributed by atoms with van der Waals surface area (Å²) in [6.45, 7) is 14.8. The average molecular weight is 362 g/mol. The molecule has 1 N–H and O–H groups in total. The van der Waals surface area contributed by atoms with Crippen LogP contribution in [-0.4, -0.2) is 42.4 Å². The van der Waals surface area contributed by atoms with Crippen LogP contribution in [-0.2, 0) is 5.41 Å². The molecule has 1 aliphatic heterocycles. The van der Waals surface area contributed by atoms with Crippen LogP contribution in [0.4, 0.5) is 0 Å². The van der Waals surface area contributed by atoms with Gasteiger partial charge >= 0.3 is 0 Å². The van der Waals surface area contributed by atoms with Crippen molar-refractivity contribution < 1.29 is 9.84 Å². The number of nitrogens with zero attached hydrogens (tertiary/aromatic N) is 1. The molecule has 0 saturated carbocycles. The van der Waals surface area contributed by atoms with Crippen molar-refractivity contribution in [2.45, 2.75) is 78.2 Å². The van der Waals surface area contributed by atoms with E-state index in [1.165, 1.54) is 31.2 Å². The number of ether oxygens (including phenoxy) is 1. The van der Waals surface area contributed by atoms with Gasteiger partial charge in [-0.05, 0) is 60.9 Å². The third kappa shape index (κ3) is 7.28. The molecule has 0 aliphatic carbocycles. The Kier molecular flexibility index (Phi) is 7.54. The fourth-order valence-electron chi connectivity index (χ4n) is 4.29. The molecule has 1 aromatic rings. The Labute approximate surface area is 160 Å². The van der Waals surface area contributed by atoms with Gasteiger partial charge in [0.1, 0.15) is 18.5 Å². The SMILES string of the molecule is CC(C)(C)CC(C)(C)c1ccc(OCC(O)CN2CCCCCC2)cc1. The van der Waals surface area contributed by atoms with Crippen molar-refractivity contribution in [3.05, 3.63) is 29.8 Å². The van der Waals surface area contributed by atoms with Crippen LogP contribution in [0.25, 0.3) is 0 Å². The molecular weight excluding hydrogens is 322 g/mol. The monoisotopic (exact) mass is 361 g/mol. The summed E-state index contributed by atoms with van der Waals surface area (Å²) in [5.41, 5.74) is 1.78. The first-order valence-electron chi connectivity index (χ1n) is 10.3. The van der Waals surface area contributed by atoms with Gasteiger partial charge in [-0.2, -0.15) is 0 Å². The molecule has 0 radical (unpaired) electrons. The normalized spacial score (nSPS) is 18.4. The first-order chi connectivity index (χ1) is 12.2. The number of hydrogen-bond acceptors (Lipinski definition) is 3. The molecule has 1 saturated heterocycles. The Morgan fingerprint density at radius 1 is 0.962 bits per heavy atom. The maximum Gasteiger partial charge on any atom is 0.119 e. The molecule has 0 spiro atoms. The van der Waals surface area contributed by atoms with Crippen molar-refractivity contribution in [1.29, 1.82) is 0 Å². The number of aliphatic hydroxyl groups excluding tert-OH is 1. The standard InChI is InChI=1S/C23H39NO2/c1-22(2,3)18-23(4,5)19-10-12-21(13-11-19)26-17-20(25)16-24-14-8-6-7-9-15-24/h10-13,20,25H,6-9,14-18H2,1-5H3. The van der Waals surface area contributed by atoms with Crippen molar-refractivity contribution >= 4 is 0 Å². The second-order valence-electron chi connectivity index (χ2n) is 9.83. The Morgan fingerprint density at radius 3 is 2.08 bits per heavy atom. The summed E-state index contributed by atoms with van der Waals surface area (Å²) in [5, 5.41) is 10.3. The minimum absolute atomic E-state index is 0.142. The van der Waals surface area contributed by atoms with Crippen molar-refractivity contribution in [2.24, 2.45) is 5.41 Å². The first kappa shape index (κ1) is 21.2. The third-order valence-electron chi connectivity index (χ3n) is 5.22. The second-order valence-corrected chi connectivity index (χ2v) is 9.83. The topological polar surface area (TPSA) is 32.7 Å². The Balaban J connectivity index is 1.83. The van der Waals surface area contributed by atoms with Gasteiger partial charge in [0.25, 0.3) is 0 Å². The maximum atomic E-state index is 10.3. The lowest BCUT2D eigenvalue weighted by Gasteiger charge is -2.33. The lowest BCUT2D eigenvalue weighted by Crippen LogP contribution is -2.36. The quantitative estimate of drug-likeness (QED) is 0.740. The second kappa shape index (κ2) is 9.23. The summed E-state index contributed by atoms with van der Waals surface area (Å²) in [7, 11) is 0. The van der Waals surface area contributed by atoms with Crippen LogP contribution < -0.4 is 4.74 Å². The van der Waals surface area contributed by atoms with Gasteiger partial charge < -0.3 is 14.7 Å². The molecule has 148 valence electrons. The lowest BCUT2D eigenvalue weighted by atomic mass is 9.72. The highest BCUT2D eigenvalue weighted by atomic mass is 16.5. The zero-order valence-corrected chi connectivity index (χ0v) is 17.6. The van der Waals surface area contributed by atoms with Gasteiger partial charge in [0, 0.05) is 6.54 Å². The van der Waals surface area contributed by atoms with E-state index in [9.17, 15) is 5.11 Å². The van der Waals surface area contributed by atoms with Crippen molar-refractivity contribution in [2.75, 3.05) is 26.2 Å². The summed E-state index contributed by atoms with van der Waals surface area (Å²) in [4.78, 5) is 2.37. The largest absolute Gasteiger partial charge is 0.491 e. The zero-order chi connectivity index (χ0) is 19.2. The Morgan fingerprint density at radius 2 is 1.54 bits per heavy atom. The van der Waals surface area contributed by atoms with Crippen LogP contribution in [0.15, 0.2) is 24.3 Å². The molecule has 0 aromatic heterocycles. The van der Waals surface area contributed by atoms with Crippen molar-refractivity contribution in [3.63, 3.8) is 0 Å². The highest BCUT2D eigenvalue weighted by molar-refractivity contribution is 5.31. The highest BCUT2D eigenvalue weighted by Crippen LogP contribution is 2.36. The van der Waals surface area contributed by atoms with E-state index in [0.29, 0.717) is 12.0 Å². The predicted molar refractivity (Wildman–Crippen MR) is 110 cm³/mol. The van der Waals surface area contributed by atoms with Gasteiger partial charge in [-0.15, -0.1) is 0 Å². The van der Waals surface area contributed by atoms with Crippen LogP contribution in [0.5, 0.6) is 5.75 Å². The van der Waals surface area contributed by atoms with E-state index in [2.05, 4.69) is 51.7 Å². The number of likely N-dealkylation sites (tertiary alicyclic amines) is 1. The number of rotatable bonds is 7. The maximum absolute atomic E-state index is 10.3. The van der Waals surface area contributed by atoms with Gasteiger partial charge in [0.2, 0.25) is 0 Å². The van der Waals surface area contributed by atoms with E-state index in [1.54, 1.807) is 0 Å². The summed E-state index contributed by atoms with van der Waals surface area (Å²) in [6, 6.07) is 8.42. The molecule has 0 amide bonds. The number of hydrogen-bond donors (Lipinski definition) is 1. The fraction of sp³-hybridized carbons (Fsp3) is 0.739. The van der Waals surface area contributed by atoms with Crippen LogP contribution in [0.1, 0.15) is 72.3 Å². The van der Waals surface area contributed by atoms with E-state index in [4.69, 9.17) is 4.74 Å². The molecule has 0 bridgehead atoms. The summed E-state index contributed by atoms with van der Waals surface area (Å²) in [6.07, 6.45) is 5.85.